The lowest BCUT2D eigenvalue weighted by molar-refractivity contribution is 0.300. The summed E-state index contributed by atoms with van der Waals surface area (Å²) in [5.41, 5.74) is 3.42. The zero-order valence-corrected chi connectivity index (χ0v) is 11.1. The van der Waals surface area contributed by atoms with Gasteiger partial charge in [-0.15, -0.1) is 0 Å². The van der Waals surface area contributed by atoms with E-state index < -0.39 is 0 Å². The van der Waals surface area contributed by atoms with Gasteiger partial charge in [-0.3, -0.25) is 4.68 Å². The number of nitrogens with zero attached hydrogens (tertiary/aromatic N) is 2. The molecule has 0 fully saturated rings. The summed E-state index contributed by atoms with van der Waals surface area (Å²) in [6, 6.07) is 6.21. The second-order valence-electron chi connectivity index (χ2n) is 4.40. The van der Waals surface area contributed by atoms with Crippen LogP contribution >= 0.6 is 0 Å². The predicted octanol–water partition coefficient (Wildman–Crippen LogP) is 2.03. The smallest absolute Gasteiger partial charge is 0.127 e. The van der Waals surface area contributed by atoms with Crippen molar-refractivity contribution in [1.29, 1.82) is 0 Å². The van der Waals surface area contributed by atoms with E-state index in [4.69, 9.17) is 4.74 Å². The summed E-state index contributed by atoms with van der Waals surface area (Å²) in [5.74, 6) is 0.968. The van der Waals surface area contributed by atoms with Crippen molar-refractivity contribution in [3.8, 4) is 5.75 Å². The molecule has 0 spiro atoms. The zero-order chi connectivity index (χ0) is 13.0. The zero-order valence-electron chi connectivity index (χ0n) is 11.1. The Bertz CT molecular complexity index is 520. The van der Waals surface area contributed by atoms with Crippen molar-refractivity contribution < 1.29 is 4.74 Å². The predicted molar refractivity (Wildman–Crippen MR) is 71.5 cm³/mol. The lowest BCUT2D eigenvalue weighted by Crippen LogP contribution is -2.08. The highest BCUT2D eigenvalue weighted by Crippen LogP contribution is 2.24. The average molecular weight is 245 g/mol. The molecule has 2 rings (SSSR count). The van der Waals surface area contributed by atoms with Crippen molar-refractivity contribution in [2.24, 2.45) is 7.05 Å². The van der Waals surface area contributed by atoms with E-state index in [1.54, 1.807) is 4.68 Å². The molecule has 0 saturated carbocycles. The van der Waals surface area contributed by atoms with E-state index in [1.165, 1.54) is 5.56 Å². The van der Waals surface area contributed by atoms with E-state index in [2.05, 4.69) is 35.5 Å². The SMILES string of the molecule is CNCc1cccc(C)c1OCc1cnn(C)c1. The number of ether oxygens (including phenoxy) is 1. The molecular formula is C14H19N3O. The minimum atomic E-state index is 0.551. The largest absolute Gasteiger partial charge is 0.488 e. The van der Waals surface area contributed by atoms with E-state index in [0.29, 0.717) is 6.61 Å². The quantitative estimate of drug-likeness (QED) is 0.876. The van der Waals surface area contributed by atoms with Gasteiger partial charge in [-0.05, 0) is 19.5 Å². The summed E-state index contributed by atoms with van der Waals surface area (Å²) >= 11 is 0. The molecule has 1 aromatic heterocycles. The first-order valence-electron chi connectivity index (χ1n) is 6.04. The minimum Gasteiger partial charge on any atom is -0.488 e. The molecule has 0 aliphatic heterocycles. The Hall–Kier alpha value is -1.81. The molecule has 0 radical (unpaired) electrons. The van der Waals surface area contributed by atoms with Crippen LogP contribution in [-0.2, 0) is 20.2 Å². The van der Waals surface area contributed by atoms with Crippen LogP contribution in [0.25, 0.3) is 0 Å². The first kappa shape index (κ1) is 12.6. The van der Waals surface area contributed by atoms with Crippen molar-refractivity contribution in [1.82, 2.24) is 15.1 Å². The summed E-state index contributed by atoms with van der Waals surface area (Å²) in [5, 5.41) is 7.29. The molecule has 0 aliphatic carbocycles. The van der Waals surface area contributed by atoms with Crippen molar-refractivity contribution in [3.05, 3.63) is 47.3 Å². The number of rotatable bonds is 5. The highest BCUT2D eigenvalue weighted by atomic mass is 16.5. The molecule has 2 aromatic rings. The van der Waals surface area contributed by atoms with Gasteiger partial charge in [0.05, 0.1) is 6.20 Å². The van der Waals surface area contributed by atoms with Crippen LogP contribution in [-0.4, -0.2) is 16.8 Å². The van der Waals surface area contributed by atoms with E-state index in [9.17, 15) is 0 Å². The van der Waals surface area contributed by atoms with Gasteiger partial charge in [0.1, 0.15) is 12.4 Å². The van der Waals surface area contributed by atoms with Gasteiger partial charge in [0.25, 0.3) is 0 Å². The summed E-state index contributed by atoms with van der Waals surface area (Å²) in [6.07, 6.45) is 3.80. The molecular weight excluding hydrogens is 226 g/mol. The van der Waals surface area contributed by atoms with Crippen LogP contribution in [0.2, 0.25) is 0 Å². The fraction of sp³-hybridized carbons (Fsp3) is 0.357. The number of nitrogens with one attached hydrogen (secondary N) is 1. The first-order valence-corrected chi connectivity index (χ1v) is 6.04. The molecule has 4 heteroatoms. The Morgan fingerprint density at radius 3 is 2.89 bits per heavy atom. The standard InChI is InChI=1S/C14H19N3O/c1-11-5-4-6-13(8-15-2)14(11)18-10-12-7-16-17(3)9-12/h4-7,9,15H,8,10H2,1-3H3. The molecule has 0 atom stereocenters. The topological polar surface area (TPSA) is 39.1 Å². The van der Waals surface area contributed by atoms with E-state index in [-0.39, 0.29) is 0 Å². The molecule has 1 aromatic carbocycles. The fourth-order valence-electron chi connectivity index (χ4n) is 1.95. The maximum absolute atomic E-state index is 5.93. The Morgan fingerprint density at radius 1 is 1.39 bits per heavy atom. The lowest BCUT2D eigenvalue weighted by Gasteiger charge is -2.13. The molecule has 1 N–H and O–H groups in total. The molecule has 18 heavy (non-hydrogen) atoms. The van der Waals surface area contributed by atoms with Gasteiger partial charge in [-0.25, -0.2) is 0 Å². The molecule has 96 valence electrons. The van der Waals surface area contributed by atoms with Gasteiger partial charge in [0.15, 0.2) is 0 Å². The summed E-state index contributed by atoms with van der Waals surface area (Å²) in [4.78, 5) is 0. The van der Waals surface area contributed by atoms with Crippen LogP contribution < -0.4 is 10.1 Å². The normalized spacial score (nSPS) is 10.6. The van der Waals surface area contributed by atoms with Crippen LogP contribution in [0.4, 0.5) is 0 Å². The van der Waals surface area contributed by atoms with E-state index in [0.717, 1.165) is 23.4 Å². The minimum absolute atomic E-state index is 0.551. The Kier molecular flexibility index (Phi) is 3.99. The summed E-state index contributed by atoms with van der Waals surface area (Å²) < 4.78 is 7.71. The molecule has 0 bridgehead atoms. The third-order valence-corrected chi connectivity index (χ3v) is 2.80. The Labute approximate surface area is 108 Å². The van der Waals surface area contributed by atoms with Gasteiger partial charge >= 0.3 is 0 Å². The van der Waals surface area contributed by atoms with Crippen molar-refractivity contribution in [2.45, 2.75) is 20.1 Å². The molecule has 0 saturated heterocycles. The highest BCUT2D eigenvalue weighted by Gasteiger charge is 2.07. The van der Waals surface area contributed by atoms with Gasteiger partial charge in [-0.2, -0.15) is 5.10 Å². The van der Waals surface area contributed by atoms with E-state index in [1.807, 2.05) is 26.5 Å². The summed E-state index contributed by atoms with van der Waals surface area (Å²) in [6.45, 7) is 3.43. The molecule has 0 aliphatic rings. The first-order chi connectivity index (χ1) is 8.70. The van der Waals surface area contributed by atoms with Crippen LogP contribution in [0.15, 0.2) is 30.6 Å². The van der Waals surface area contributed by atoms with Gasteiger partial charge in [0, 0.05) is 30.9 Å². The summed E-state index contributed by atoms with van der Waals surface area (Å²) in [7, 11) is 3.84. The van der Waals surface area contributed by atoms with Gasteiger partial charge < -0.3 is 10.1 Å². The molecule has 0 unspecified atom stereocenters. The number of benzene rings is 1. The van der Waals surface area contributed by atoms with Crippen molar-refractivity contribution in [3.63, 3.8) is 0 Å². The van der Waals surface area contributed by atoms with Gasteiger partial charge in [0.2, 0.25) is 0 Å². The number of hydrogen-bond acceptors (Lipinski definition) is 3. The van der Waals surface area contributed by atoms with Gasteiger partial charge in [-0.1, -0.05) is 18.2 Å². The molecule has 4 nitrogen and oxygen atoms in total. The Balaban J connectivity index is 2.12. The maximum Gasteiger partial charge on any atom is 0.127 e. The van der Waals surface area contributed by atoms with Crippen molar-refractivity contribution >= 4 is 0 Å². The third-order valence-electron chi connectivity index (χ3n) is 2.80. The maximum atomic E-state index is 5.93. The van der Waals surface area contributed by atoms with Crippen molar-refractivity contribution in [2.75, 3.05) is 7.05 Å². The molecule has 1 heterocycles. The highest BCUT2D eigenvalue weighted by molar-refractivity contribution is 5.40. The average Bonchev–Trinajstić information content (AvgIpc) is 2.75. The third kappa shape index (κ3) is 2.90. The van der Waals surface area contributed by atoms with Crippen LogP contribution in [0.1, 0.15) is 16.7 Å². The van der Waals surface area contributed by atoms with Crippen LogP contribution in [0.3, 0.4) is 0 Å². The number of aryl methyl sites for hydroxylation is 2. The monoisotopic (exact) mass is 245 g/mol. The van der Waals surface area contributed by atoms with Crippen LogP contribution in [0, 0.1) is 6.92 Å². The van der Waals surface area contributed by atoms with E-state index >= 15 is 0 Å². The second kappa shape index (κ2) is 5.69. The van der Waals surface area contributed by atoms with Crippen LogP contribution in [0.5, 0.6) is 5.75 Å². The lowest BCUT2D eigenvalue weighted by atomic mass is 10.1. The molecule has 0 amide bonds. The Morgan fingerprint density at radius 2 is 2.22 bits per heavy atom. The fourth-order valence-corrected chi connectivity index (χ4v) is 1.95. The number of hydrogen-bond donors (Lipinski definition) is 1. The number of para-hydroxylation sites is 1. The second-order valence-corrected chi connectivity index (χ2v) is 4.40. The number of aromatic nitrogens is 2.